The van der Waals surface area contributed by atoms with Crippen LogP contribution >= 0.6 is 11.6 Å². The summed E-state index contributed by atoms with van der Waals surface area (Å²) >= 11 is 6.03. The van der Waals surface area contributed by atoms with Gasteiger partial charge in [0.1, 0.15) is 5.75 Å². The molecule has 0 radical (unpaired) electrons. The Bertz CT molecular complexity index is 400. The van der Waals surface area contributed by atoms with E-state index >= 15 is 0 Å². The van der Waals surface area contributed by atoms with Crippen LogP contribution in [0.1, 0.15) is 38.2 Å². The van der Waals surface area contributed by atoms with Crippen LogP contribution in [0.4, 0.5) is 0 Å². The summed E-state index contributed by atoms with van der Waals surface area (Å²) in [4.78, 5) is 0. The highest BCUT2D eigenvalue weighted by Gasteiger charge is 2.17. The van der Waals surface area contributed by atoms with Crippen LogP contribution in [0.3, 0.4) is 0 Å². The molecule has 0 spiro atoms. The summed E-state index contributed by atoms with van der Waals surface area (Å²) in [6, 6.07) is 5.78. The first-order valence-electron chi connectivity index (χ1n) is 7.22. The summed E-state index contributed by atoms with van der Waals surface area (Å²) in [7, 11) is 1.70. The summed E-state index contributed by atoms with van der Waals surface area (Å²) < 4.78 is 5.36. The summed E-state index contributed by atoms with van der Waals surface area (Å²) in [6.45, 7) is 4.29. The lowest BCUT2D eigenvalue weighted by Gasteiger charge is -2.26. The van der Waals surface area contributed by atoms with E-state index in [1.165, 1.54) is 25.7 Å². The lowest BCUT2D eigenvalue weighted by Crippen LogP contribution is -2.25. The molecule has 0 amide bonds. The Morgan fingerprint density at radius 3 is 2.68 bits per heavy atom. The molecule has 1 saturated carbocycles. The molecule has 2 rings (SSSR count). The summed E-state index contributed by atoms with van der Waals surface area (Å²) in [5.74, 6) is 2.67. The van der Waals surface area contributed by atoms with Crippen molar-refractivity contribution in [2.75, 3.05) is 13.7 Å². The van der Waals surface area contributed by atoms with Gasteiger partial charge in [-0.1, -0.05) is 31.4 Å². The molecule has 106 valence electrons. The second-order valence-electron chi connectivity index (χ2n) is 5.71. The maximum atomic E-state index is 6.03. The second kappa shape index (κ2) is 7.16. The smallest absolute Gasteiger partial charge is 0.123 e. The third kappa shape index (κ3) is 4.39. The standard InChI is InChI=1S/C16H24ClNO/c1-12-3-5-13(6-4-12)10-18-11-14-9-15(17)7-8-16(14)19-2/h7-9,12-13,18H,3-6,10-11H2,1-2H3. The van der Waals surface area contributed by atoms with Crippen LogP contribution in [0.2, 0.25) is 5.02 Å². The van der Waals surface area contributed by atoms with Crippen molar-refractivity contribution < 1.29 is 4.74 Å². The van der Waals surface area contributed by atoms with E-state index in [2.05, 4.69) is 12.2 Å². The van der Waals surface area contributed by atoms with Crippen LogP contribution in [-0.4, -0.2) is 13.7 Å². The maximum absolute atomic E-state index is 6.03. The van der Waals surface area contributed by atoms with Gasteiger partial charge >= 0.3 is 0 Å². The zero-order valence-electron chi connectivity index (χ0n) is 11.9. The Labute approximate surface area is 121 Å². The molecule has 0 unspecified atom stereocenters. The van der Waals surface area contributed by atoms with Crippen molar-refractivity contribution >= 4 is 11.6 Å². The van der Waals surface area contributed by atoms with E-state index in [4.69, 9.17) is 16.3 Å². The van der Waals surface area contributed by atoms with Gasteiger partial charge < -0.3 is 10.1 Å². The van der Waals surface area contributed by atoms with Gasteiger partial charge in [0.05, 0.1) is 7.11 Å². The third-order valence-electron chi connectivity index (χ3n) is 4.13. The second-order valence-corrected chi connectivity index (χ2v) is 6.15. The fraction of sp³-hybridized carbons (Fsp3) is 0.625. The summed E-state index contributed by atoms with van der Waals surface area (Å²) in [5, 5.41) is 4.32. The van der Waals surface area contributed by atoms with Gasteiger partial charge in [-0.3, -0.25) is 0 Å². The van der Waals surface area contributed by atoms with E-state index in [0.29, 0.717) is 0 Å². The normalized spacial score (nSPS) is 23.3. The highest BCUT2D eigenvalue weighted by atomic mass is 35.5. The minimum atomic E-state index is 0.768. The molecular weight excluding hydrogens is 258 g/mol. The van der Waals surface area contributed by atoms with Crippen LogP contribution < -0.4 is 10.1 Å². The third-order valence-corrected chi connectivity index (χ3v) is 4.36. The van der Waals surface area contributed by atoms with Crippen molar-refractivity contribution in [3.8, 4) is 5.75 Å². The van der Waals surface area contributed by atoms with Crippen LogP contribution in [-0.2, 0) is 6.54 Å². The van der Waals surface area contributed by atoms with Crippen molar-refractivity contribution in [1.29, 1.82) is 0 Å². The fourth-order valence-corrected chi connectivity index (χ4v) is 3.02. The molecule has 1 N–H and O–H groups in total. The Hall–Kier alpha value is -0.730. The molecule has 0 aromatic heterocycles. The number of hydrogen-bond acceptors (Lipinski definition) is 2. The number of hydrogen-bond donors (Lipinski definition) is 1. The van der Waals surface area contributed by atoms with Crippen molar-refractivity contribution in [2.45, 2.75) is 39.2 Å². The SMILES string of the molecule is COc1ccc(Cl)cc1CNCC1CCC(C)CC1. The van der Waals surface area contributed by atoms with Crippen molar-refractivity contribution in [3.05, 3.63) is 28.8 Å². The average molecular weight is 282 g/mol. The molecule has 0 aliphatic heterocycles. The van der Waals surface area contributed by atoms with Gasteiger partial charge in [0.15, 0.2) is 0 Å². The molecule has 0 heterocycles. The highest BCUT2D eigenvalue weighted by Crippen LogP contribution is 2.28. The number of methoxy groups -OCH3 is 1. The molecule has 1 fully saturated rings. The van der Waals surface area contributed by atoms with Gasteiger partial charge in [0.2, 0.25) is 0 Å². The molecule has 0 saturated heterocycles. The van der Waals surface area contributed by atoms with Gasteiger partial charge in [0.25, 0.3) is 0 Å². The van der Waals surface area contributed by atoms with E-state index < -0.39 is 0 Å². The van der Waals surface area contributed by atoms with Crippen molar-refractivity contribution in [1.82, 2.24) is 5.32 Å². The predicted molar refractivity (Wildman–Crippen MR) is 80.8 cm³/mol. The van der Waals surface area contributed by atoms with Crippen LogP contribution in [0.5, 0.6) is 5.75 Å². The monoisotopic (exact) mass is 281 g/mol. The van der Waals surface area contributed by atoms with E-state index in [1.54, 1.807) is 7.11 Å². The number of ether oxygens (including phenoxy) is 1. The zero-order valence-corrected chi connectivity index (χ0v) is 12.7. The molecule has 3 heteroatoms. The summed E-state index contributed by atoms with van der Waals surface area (Å²) in [5.41, 5.74) is 1.14. The predicted octanol–water partition coefficient (Wildman–Crippen LogP) is 4.26. The minimum Gasteiger partial charge on any atom is -0.496 e. The molecule has 1 aromatic carbocycles. The Balaban J connectivity index is 1.80. The fourth-order valence-electron chi connectivity index (χ4n) is 2.83. The minimum absolute atomic E-state index is 0.768. The van der Waals surface area contributed by atoms with Gasteiger partial charge in [-0.2, -0.15) is 0 Å². The maximum Gasteiger partial charge on any atom is 0.123 e. The van der Waals surface area contributed by atoms with Gasteiger partial charge in [-0.25, -0.2) is 0 Å². The number of halogens is 1. The largest absolute Gasteiger partial charge is 0.496 e. The van der Waals surface area contributed by atoms with Gasteiger partial charge in [-0.05, 0) is 49.4 Å². The van der Waals surface area contributed by atoms with Crippen LogP contribution in [0, 0.1) is 11.8 Å². The molecule has 0 bridgehead atoms. The molecule has 1 aliphatic carbocycles. The average Bonchev–Trinajstić information content (AvgIpc) is 2.41. The topological polar surface area (TPSA) is 21.3 Å². The quantitative estimate of drug-likeness (QED) is 0.870. The highest BCUT2D eigenvalue weighted by molar-refractivity contribution is 6.30. The molecule has 0 atom stereocenters. The Kier molecular flexibility index (Phi) is 5.53. The number of benzene rings is 1. The molecule has 1 aliphatic rings. The first kappa shape index (κ1) is 14.7. The number of nitrogens with one attached hydrogen (secondary N) is 1. The first-order chi connectivity index (χ1) is 9.19. The van der Waals surface area contributed by atoms with Crippen LogP contribution in [0.15, 0.2) is 18.2 Å². The van der Waals surface area contributed by atoms with Crippen LogP contribution in [0.25, 0.3) is 0 Å². The van der Waals surface area contributed by atoms with E-state index in [-0.39, 0.29) is 0 Å². The Morgan fingerprint density at radius 2 is 2.00 bits per heavy atom. The first-order valence-corrected chi connectivity index (χ1v) is 7.60. The Morgan fingerprint density at radius 1 is 1.26 bits per heavy atom. The van der Waals surface area contributed by atoms with E-state index in [0.717, 1.165) is 41.3 Å². The molecule has 19 heavy (non-hydrogen) atoms. The van der Waals surface area contributed by atoms with E-state index in [1.807, 2.05) is 18.2 Å². The molecule has 2 nitrogen and oxygen atoms in total. The van der Waals surface area contributed by atoms with Gasteiger partial charge in [-0.15, -0.1) is 0 Å². The zero-order chi connectivity index (χ0) is 13.7. The summed E-state index contributed by atoms with van der Waals surface area (Å²) in [6.07, 6.45) is 5.49. The molecular formula is C16H24ClNO. The lowest BCUT2D eigenvalue weighted by molar-refractivity contribution is 0.281. The van der Waals surface area contributed by atoms with E-state index in [9.17, 15) is 0 Å². The van der Waals surface area contributed by atoms with Crippen molar-refractivity contribution in [2.24, 2.45) is 11.8 Å². The van der Waals surface area contributed by atoms with Gasteiger partial charge in [0, 0.05) is 17.1 Å². The lowest BCUT2D eigenvalue weighted by atomic mass is 9.83. The molecule has 1 aromatic rings. The number of rotatable bonds is 5. The van der Waals surface area contributed by atoms with Crippen molar-refractivity contribution in [3.63, 3.8) is 0 Å².